The fraction of sp³-hybridized carbons (Fsp3) is 0.667. The van der Waals surface area contributed by atoms with Gasteiger partial charge in [-0.05, 0) is 79.8 Å². The molecule has 0 aliphatic heterocycles. The lowest BCUT2D eigenvalue weighted by molar-refractivity contribution is 0.191. The molecule has 1 aromatic carbocycles. The number of halogens is 2. The Hall–Kier alpha value is -0.240. The lowest BCUT2D eigenvalue weighted by Gasteiger charge is -2.39. The molecule has 1 aromatic rings. The van der Waals surface area contributed by atoms with Crippen molar-refractivity contribution < 1.29 is 0 Å². The highest BCUT2D eigenvalue weighted by molar-refractivity contribution is 6.33. The molecule has 1 fully saturated rings. The van der Waals surface area contributed by atoms with E-state index in [1.165, 1.54) is 24.8 Å². The van der Waals surface area contributed by atoms with Crippen molar-refractivity contribution in [2.24, 2.45) is 17.8 Å². The highest BCUT2D eigenvalue weighted by Crippen LogP contribution is 2.45. The molecular formula is C18H27Cl2N. The Morgan fingerprint density at radius 3 is 2.67 bits per heavy atom. The van der Waals surface area contributed by atoms with Gasteiger partial charge in [0.2, 0.25) is 0 Å². The highest BCUT2D eigenvalue weighted by Gasteiger charge is 2.33. The van der Waals surface area contributed by atoms with Gasteiger partial charge in [0.15, 0.2) is 0 Å². The van der Waals surface area contributed by atoms with E-state index in [-0.39, 0.29) is 0 Å². The molecule has 0 aromatic heterocycles. The molecule has 3 heteroatoms. The van der Waals surface area contributed by atoms with E-state index >= 15 is 0 Å². The van der Waals surface area contributed by atoms with Crippen LogP contribution in [0.15, 0.2) is 18.2 Å². The second-order valence-corrected chi connectivity index (χ2v) is 7.50. The Balaban J connectivity index is 2.25. The molecular weight excluding hydrogens is 301 g/mol. The summed E-state index contributed by atoms with van der Waals surface area (Å²) in [5.74, 6) is 2.72. The summed E-state index contributed by atoms with van der Waals surface area (Å²) in [6.45, 7) is 8.95. The zero-order valence-corrected chi connectivity index (χ0v) is 14.8. The van der Waals surface area contributed by atoms with Crippen molar-refractivity contribution in [1.82, 2.24) is 5.32 Å². The number of rotatable bonds is 5. The van der Waals surface area contributed by atoms with Crippen molar-refractivity contribution in [2.75, 3.05) is 13.1 Å². The summed E-state index contributed by atoms with van der Waals surface area (Å²) in [4.78, 5) is 0. The van der Waals surface area contributed by atoms with Gasteiger partial charge in [0.1, 0.15) is 0 Å². The smallest absolute Gasteiger partial charge is 0.0441 e. The molecule has 3 unspecified atom stereocenters. The number of hydrogen-bond acceptors (Lipinski definition) is 1. The highest BCUT2D eigenvalue weighted by atomic mass is 35.5. The van der Waals surface area contributed by atoms with Gasteiger partial charge < -0.3 is 5.32 Å². The third-order valence-corrected chi connectivity index (χ3v) is 5.57. The van der Waals surface area contributed by atoms with Crippen molar-refractivity contribution in [3.63, 3.8) is 0 Å². The first-order valence-electron chi connectivity index (χ1n) is 8.18. The Bertz CT molecular complexity index is 459. The molecule has 1 saturated carbocycles. The summed E-state index contributed by atoms with van der Waals surface area (Å²) in [6, 6.07) is 5.91. The Morgan fingerprint density at radius 1 is 1.24 bits per heavy atom. The van der Waals surface area contributed by atoms with Crippen LogP contribution in [0.1, 0.15) is 51.5 Å². The molecule has 0 saturated heterocycles. The summed E-state index contributed by atoms with van der Waals surface area (Å²) in [5.41, 5.74) is 1.25. The molecule has 0 spiro atoms. The van der Waals surface area contributed by atoms with E-state index in [4.69, 9.17) is 23.2 Å². The molecule has 3 atom stereocenters. The monoisotopic (exact) mass is 327 g/mol. The molecule has 0 heterocycles. The normalized spacial score (nSPS) is 26.3. The molecule has 21 heavy (non-hydrogen) atoms. The van der Waals surface area contributed by atoms with Crippen LogP contribution in [0.4, 0.5) is 0 Å². The summed E-state index contributed by atoms with van der Waals surface area (Å²) >= 11 is 12.7. The molecule has 1 aliphatic carbocycles. The maximum Gasteiger partial charge on any atom is 0.0441 e. The molecule has 2 rings (SSSR count). The lowest BCUT2D eigenvalue weighted by atomic mass is 9.68. The van der Waals surface area contributed by atoms with Gasteiger partial charge in [0.25, 0.3) is 0 Å². The van der Waals surface area contributed by atoms with E-state index < -0.39 is 0 Å². The van der Waals surface area contributed by atoms with Gasteiger partial charge in [-0.1, -0.05) is 44.0 Å². The van der Waals surface area contributed by atoms with Crippen LogP contribution in [0.5, 0.6) is 0 Å². The summed E-state index contributed by atoms with van der Waals surface area (Å²) in [5, 5.41) is 5.19. The van der Waals surface area contributed by atoms with Crippen molar-refractivity contribution in [1.29, 1.82) is 0 Å². The van der Waals surface area contributed by atoms with Crippen LogP contribution >= 0.6 is 23.2 Å². The Kier molecular flexibility index (Phi) is 6.40. The minimum absolute atomic E-state index is 0.524. The molecule has 1 N–H and O–H groups in total. The predicted octanol–water partition coefficient (Wildman–Crippen LogP) is 5.76. The summed E-state index contributed by atoms with van der Waals surface area (Å²) in [6.07, 6.45) is 3.85. The van der Waals surface area contributed by atoms with Gasteiger partial charge in [0, 0.05) is 10.0 Å². The van der Waals surface area contributed by atoms with Gasteiger partial charge in [-0.15, -0.1) is 0 Å². The summed E-state index contributed by atoms with van der Waals surface area (Å²) in [7, 11) is 0. The van der Waals surface area contributed by atoms with Crippen LogP contribution in [0.2, 0.25) is 10.0 Å². The first-order valence-corrected chi connectivity index (χ1v) is 8.94. The lowest BCUT2D eigenvalue weighted by Crippen LogP contribution is -2.33. The van der Waals surface area contributed by atoms with Crippen LogP contribution in [-0.2, 0) is 0 Å². The van der Waals surface area contributed by atoms with Crippen LogP contribution < -0.4 is 5.32 Å². The third-order valence-electron chi connectivity index (χ3n) is 4.99. The predicted molar refractivity (Wildman–Crippen MR) is 93.4 cm³/mol. The van der Waals surface area contributed by atoms with E-state index in [9.17, 15) is 0 Å². The average Bonchev–Trinajstić information content (AvgIpc) is 2.47. The maximum absolute atomic E-state index is 6.48. The van der Waals surface area contributed by atoms with Crippen LogP contribution in [0, 0.1) is 17.8 Å². The zero-order valence-electron chi connectivity index (χ0n) is 13.3. The fourth-order valence-corrected chi connectivity index (χ4v) is 4.06. The maximum atomic E-state index is 6.48. The summed E-state index contributed by atoms with van der Waals surface area (Å²) < 4.78 is 0. The zero-order chi connectivity index (χ0) is 15.4. The van der Waals surface area contributed by atoms with E-state index in [0.29, 0.717) is 11.8 Å². The fourth-order valence-electron chi connectivity index (χ4n) is 3.63. The largest absolute Gasteiger partial charge is 0.317 e. The van der Waals surface area contributed by atoms with Gasteiger partial charge in [-0.2, -0.15) is 0 Å². The SMILES string of the molecule is CCNCC1CCC(C(C)C)CC1c1cc(Cl)ccc1Cl. The van der Waals surface area contributed by atoms with Crippen LogP contribution in [0.25, 0.3) is 0 Å². The van der Waals surface area contributed by atoms with Gasteiger partial charge in [-0.25, -0.2) is 0 Å². The second-order valence-electron chi connectivity index (χ2n) is 6.66. The molecule has 118 valence electrons. The topological polar surface area (TPSA) is 12.0 Å². The van der Waals surface area contributed by atoms with E-state index in [1.807, 2.05) is 12.1 Å². The van der Waals surface area contributed by atoms with Crippen LogP contribution in [0.3, 0.4) is 0 Å². The van der Waals surface area contributed by atoms with Gasteiger partial charge >= 0.3 is 0 Å². The van der Waals surface area contributed by atoms with Crippen molar-refractivity contribution in [3.8, 4) is 0 Å². The molecule has 0 bridgehead atoms. The quantitative estimate of drug-likeness (QED) is 0.725. The Morgan fingerprint density at radius 2 is 2.00 bits per heavy atom. The van der Waals surface area contributed by atoms with E-state index in [1.54, 1.807) is 0 Å². The average molecular weight is 328 g/mol. The third kappa shape index (κ3) is 4.37. The number of benzene rings is 1. The molecule has 1 nitrogen and oxygen atoms in total. The number of hydrogen-bond donors (Lipinski definition) is 1. The first-order chi connectivity index (χ1) is 10.0. The molecule has 0 radical (unpaired) electrons. The standard InChI is InChI=1S/C18H27Cl2N/c1-4-21-11-14-6-5-13(12(2)3)9-16(14)17-10-15(19)7-8-18(17)20/h7-8,10,12-14,16,21H,4-6,9,11H2,1-3H3. The van der Waals surface area contributed by atoms with Crippen molar-refractivity contribution in [3.05, 3.63) is 33.8 Å². The van der Waals surface area contributed by atoms with Crippen molar-refractivity contribution >= 4 is 23.2 Å². The minimum atomic E-state index is 0.524. The van der Waals surface area contributed by atoms with E-state index in [2.05, 4.69) is 32.2 Å². The van der Waals surface area contributed by atoms with Gasteiger partial charge in [0.05, 0.1) is 0 Å². The minimum Gasteiger partial charge on any atom is -0.317 e. The molecule has 1 aliphatic rings. The van der Waals surface area contributed by atoms with Crippen LogP contribution in [-0.4, -0.2) is 13.1 Å². The van der Waals surface area contributed by atoms with Crippen molar-refractivity contribution in [2.45, 2.75) is 46.0 Å². The molecule has 0 amide bonds. The van der Waals surface area contributed by atoms with E-state index in [0.717, 1.165) is 35.0 Å². The Labute approximate surface area is 139 Å². The van der Waals surface area contributed by atoms with Gasteiger partial charge in [-0.3, -0.25) is 0 Å². The first kappa shape index (κ1) is 17.1. The number of nitrogens with one attached hydrogen (secondary N) is 1. The second kappa shape index (κ2) is 7.85.